The Balaban J connectivity index is 1.46. The molecule has 0 radical (unpaired) electrons. The quantitative estimate of drug-likeness (QED) is 0.474. The van der Waals surface area contributed by atoms with Crippen LogP contribution in [-0.4, -0.2) is 13.2 Å². The summed E-state index contributed by atoms with van der Waals surface area (Å²) >= 11 is 0. The molecule has 0 aliphatic heterocycles. The molecule has 3 aromatic rings. The summed E-state index contributed by atoms with van der Waals surface area (Å²) in [5, 5.41) is 3.52. The molecule has 3 aromatic carbocycles. The van der Waals surface area contributed by atoms with Crippen LogP contribution < -0.4 is 14.8 Å². The third-order valence-electron chi connectivity index (χ3n) is 4.79. The summed E-state index contributed by atoms with van der Waals surface area (Å²) in [6.45, 7) is 9.34. The van der Waals surface area contributed by atoms with Crippen molar-refractivity contribution in [3.05, 3.63) is 95.6 Å². The molecule has 0 aliphatic rings. The molecular formula is C26H31NO2. The van der Waals surface area contributed by atoms with E-state index in [0.717, 1.165) is 30.2 Å². The van der Waals surface area contributed by atoms with Gasteiger partial charge in [0.15, 0.2) is 0 Å². The Morgan fingerprint density at radius 1 is 0.690 bits per heavy atom. The summed E-state index contributed by atoms with van der Waals surface area (Å²) in [5.74, 6) is 1.77. The monoisotopic (exact) mass is 389 g/mol. The number of para-hydroxylation sites is 2. The van der Waals surface area contributed by atoms with Gasteiger partial charge in [-0.3, -0.25) is 0 Å². The average molecular weight is 390 g/mol. The van der Waals surface area contributed by atoms with Crippen LogP contribution >= 0.6 is 0 Å². The van der Waals surface area contributed by atoms with Crippen LogP contribution in [0.3, 0.4) is 0 Å². The fourth-order valence-electron chi connectivity index (χ4n) is 3.08. The lowest BCUT2D eigenvalue weighted by atomic mass is 9.87. The van der Waals surface area contributed by atoms with Crippen LogP contribution in [0.5, 0.6) is 11.5 Å². The lowest BCUT2D eigenvalue weighted by Gasteiger charge is -2.19. The van der Waals surface area contributed by atoms with Crippen molar-refractivity contribution in [3.63, 3.8) is 0 Å². The number of hydrogen-bond donors (Lipinski definition) is 1. The molecule has 3 heteroatoms. The summed E-state index contributed by atoms with van der Waals surface area (Å²) < 4.78 is 11.6. The normalized spacial score (nSPS) is 11.3. The lowest BCUT2D eigenvalue weighted by Crippen LogP contribution is -2.15. The smallest absolute Gasteiger partial charge is 0.123 e. The molecule has 0 saturated heterocycles. The second kappa shape index (κ2) is 10.1. The fraction of sp³-hybridized carbons (Fsp3) is 0.308. The number of rotatable bonds is 9. The number of ether oxygens (including phenoxy) is 2. The molecule has 3 rings (SSSR count). The maximum Gasteiger partial charge on any atom is 0.123 e. The van der Waals surface area contributed by atoms with Crippen LogP contribution in [0, 0.1) is 0 Å². The zero-order valence-corrected chi connectivity index (χ0v) is 17.7. The van der Waals surface area contributed by atoms with E-state index >= 15 is 0 Å². The first-order valence-corrected chi connectivity index (χ1v) is 10.2. The van der Waals surface area contributed by atoms with Crippen molar-refractivity contribution in [2.45, 2.75) is 39.3 Å². The first kappa shape index (κ1) is 20.9. The molecule has 0 atom stereocenters. The van der Waals surface area contributed by atoms with Gasteiger partial charge >= 0.3 is 0 Å². The summed E-state index contributed by atoms with van der Waals surface area (Å²) in [7, 11) is 0. The molecule has 3 nitrogen and oxygen atoms in total. The van der Waals surface area contributed by atoms with Crippen molar-refractivity contribution in [1.82, 2.24) is 5.32 Å². The zero-order valence-electron chi connectivity index (χ0n) is 17.7. The van der Waals surface area contributed by atoms with Gasteiger partial charge in [0.05, 0.1) is 0 Å². The largest absolute Gasteiger partial charge is 0.490 e. The molecule has 0 heterocycles. The van der Waals surface area contributed by atoms with Gasteiger partial charge in [-0.1, -0.05) is 81.4 Å². The van der Waals surface area contributed by atoms with Crippen molar-refractivity contribution in [2.75, 3.05) is 13.2 Å². The Hall–Kier alpha value is -2.78. The van der Waals surface area contributed by atoms with Gasteiger partial charge in [-0.25, -0.2) is 0 Å². The van der Waals surface area contributed by atoms with E-state index in [-0.39, 0.29) is 5.41 Å². The average Bonchev–Trinajstić information content (AvgIpc) is 2.73. The Bertz CT molecular complexity index is 867. The Morgan fingerprint density at radius 2 is 1.34 bits per heavy atom. The van der Waals surface area contributed by atoms with Gasteiger partial charge < -0.3 is 14.8 Å². The number of nitrogens with one attached hydrogen (secondary N) is 1. The van der Waals surface area contributed by atoms with Crippen molar-refractivity contribution in [1.29, 1.82) is 0 Å². The second-order valence-electron chi connectivity index (χ2n) is 8.17. The minimum absolute atomic E-state index is 0.187. The predicted octanol–water partition coefficient (Wildman–Crippen LogP) is 5.73. The van der Waals surface area contributed by atoms with E-state index in [1.807, 2.05) is 48.5 Å². The molecule has 0 amide bonds. The van der Waals surface area contributed by atoms with E-state index in [0.29, 0.717) is 13.2 Å². The minimum atomic E-state index is 0.187. The molecule has 0 aromatic heterocycles. The summed E-state index contributed by atoms with van der Waals surface area (Å²) in [4.78, 5) is 0. The SMILES string of the molecule is CC(C)(C)c1ccc(CNCc2ccccc2OCCOc2ccccc2)cc1. The maximum absolute atomic E-state index is 5.95. The summed E-state index contributed by atoms with van der Waals surface area (Å²) in [5.41, 5.74) is 3.98. The third kappa shape index (κ3) is 6.65. The molecule has 29 heavy (non-hydrogen) atoms. The van der Waals surface area contributed by atoms with Gasteiger partial charge in [0, 0.05) is 18.7 Å². The molecule has 0 spiro atoms. The highest BCUT2D eigenvalue weighted by Crippen LogP contribution is 2.22. The highest BCUT2D eigenvalue weighted by molar-refractivity contribution is 5.33. The Labute approximate surface area is 174 Å². The molecule has 0 aliphatic carbocycles. The van der Waals surface area contributed by atoms with Crippen LogP contribution in [-0.2, 0) is 18.5 Å². The maximum atomic E-state index is 5.95. The van der Waals surface area contributed by atoms with Gasteiger partial charge in [-0.15, -0.1) is 0 Å². The highest BCUT2D eigenvalue weighted by Gasteiger charge is 2.12. The van der Waals surface area contributed by atoms with E-state index < -0.39 is 0 Å². The molecule has 152 valence electrons. The third-order valence-corrected chi connectivity index (χ3v) is 4.79. The van der Waals surface area contributed by atoms with Gasteiger partial charge in [-0.05, 0) is 34.7 Å². The second-order valence-corrected chi connectivity index (χ2v) is 8.17. The molecular weight excluding hydrogens is 358 g/mol. The lowest BCUT2D eigenvalue weighted by molar-refractivity contribution is 0.215. The standard InChI is InChI=1S/C26H31NO2/c1-26(2,3)23-15-13-21(14-16-23)19-27-20-22-9-7-8-12-25(22)29-18-17-28-24-10-5-4-6-11-24/h4-16,27H,17-20H2,1-3H3. The van der Waals surface area contributed by atoms with Crippen LogP contribution in [0.25, 0.3) is 0 Å². The first-order valence-electron chi connectivity index (χ1n) is 10.2. The van der Waals surface area contributed by atoms with E-state index in [1.165, 1.54) is 11.1 Å². The van der Waals surface area contributed by atoms with E-state index in [4.69, 9.17) is 9.47 Å². The van der Waals surface area contributed by atoms with Crippen LogP contribution in [0.2, 0.25) is 0 Å². The van der Waals surface area contributed by atoms with Gasteiger partial charge in [0.2, 0.25) is 0 Å². The van der Waals surface area contributed by atoms with Crippen molar-refractivity contribution in [2.24, 2.45) is 0 Å². The van der Waals surface area contributed by atoms with E-state index in [1.54, 1.807) is 0 Å². The topological polar surface area (TPSA) is 30.5 Å². The molecule has 0 bridgehead atoms. The predicted molar refractivity (Wildman–Crippen MR) is 120 cm³/mol. The number of hydrogen-bond acceptors (Lipinski definition) is 3. The molecule has 0 fully saturated rings. The van der Waals surface area contributed by atoms with E-state index in [2.05, 4.69) is 56.4 Å². The fourth-order valence-corrected chi connectivity index (χ4v) is 3.08. The van der Waals surface area contributed by atoms with Gasteiger partial charge in [0.1, 0.15) is 24.7 Å². The van der Waals surface area contributed by atoms with Crippen LogP contribution in [0.15, 0.2) is 78.9 Å². The molecule has 1 N–H and O–H groups in total. The van der Waals surface area contributed by atoms with Crippen molar-refractivity contribution >= 4 is 0 Å². The molecule has 0 saturated carbocycles. The zero-order chi connectivity index (χ0) is 20.5. The summed E-state index contributed by atoms with van der Waals surface area (Å²) in [6, 6.07) is 26.8. The van der Waals surface area contributed by atoms with Crippen LogP contribution in [0.1, 0.15) is 37.5 Å². The first-order chi connectivity index (χ1) is 14.0. The molecule has 0 unspecified atom stereocenters. The summed E-state index contributed by atoms with van der Waals surface area (Å²) in [6.07, 6.45) is 0. The van der Waals surface area contributed by atoms with Gasteiger partial charge in [-0.2, -0.15) is 0 Å². The van der Waals surface area contributed by atoms with Crippen LogP contribution in [0.4, 0.5) is 0 Å². The minimum Gasteiger partial charge on any atom is -0.490 e. The highest BCUT2D eigenvalue weighted by atomic mass is 16.5. The number of benzene rings is 3. The van der Waals surface area contributed by atoms with E-state index in [9.17, 15) is 0 Å². The van der Waals surface area contributed by atoms with Gasteiger partial charge in [0.25, 0.3) is 0 Å². The van der Waals surface area contributed by atoms with Crippen molar-refractivity contribution in [3.8, 4) is 11.5 Å². The Kier molecular flexibility index (Phi) is 7.31. The van der Waals surface area contributed by atoms with Crippen molar-refractivity contribution < 1.29 is 9.47 Å². The Morgan fingerprint density at radius 3 is 2.07 bits per heavy atom.